The summed E-state index contributed by atoms with van der Waals surface area (Å²) in [6.45, 7) is 2.08. The van der Waals surface area contributed by atoms with Crippen LogP contribution in [0.25, 0.3) is 21.8 Å². The molecule has 0 unspecified atom stereocenters. The normalized spacial score (nSPS) is 13.5. The fraction of sp³-hybridized carbons (Fsp3) is 0.167. The van der Waals surface area contributed by atoms with Crippen LogP contribution in [0.4, 0.5) is 5.69 Å². The quantitative estimate of drug-likeness (QED) is 0.328. The molecule has 0 bridgehead atoms. The van der Waals surface area contributed by atoms with Crippen LogP contribution in [0.15, 0.2) is 59.5 Å². The number of rotatable bonds is 5. The second kappa shape index (κ2) is 7.22. The molecule has 0 aliphatic carbocycles. The number of hydrogen-bond acceptors (Lipinski definition) is 4. The molecule has 0 spiro atoms. The summed E-state index contributed by atoms with van der Waals surface area (Å²) in [5.74, 6) is -0.597. The van der Waals surface area contributed by atoms with Gasteiger partial charge in [-0.25, -0.2) is 0 Å². The summed E-state index contributed by atoms with van der Waals surface area (Å²) < 4.78 is 0. The van der Waals surface area contributed by atoms with E-state index in [1.54, 1.807) is 11.8 Å². The molecule has 5 rings (SSSR count). The highest BCUT2D eigenvalue weighted by Gasteiger charge is 2.40. The van der Waals surface area contributed by atoms with Gasteiger partial charge in [0, 0.05) is 26.7 Å². The first-order chi connectivity index (χ1) is 14.6. The fourth-order valence-corrected chi connectivity index (χ4v) is 4.82. The summed E-state index contributed by atoms with van der Waals surface area (Å²) in [4.78, 5) is 31.4. The lowest BCUT2D eigenvalue weighted by molar-refractivity contribution is 0.0691. The van der Waals surface area contributed by atoms with Crippen molar-refractivity contribution < 1.29 is 9.59 Å². The van der Waals surface area contributed by atoms with Crippen molar-refractivity contribution in [3.8, 4) is 0 Å². The molecule has 0 saturated heterocycles. The number of anilines is 1. The summed E-state index contributed by atoms with van der Waals surface area (Å²) in [5.41, 5.74) is 7.61. The fourth-order valence-electron chi connectivity index (χ4n) is 4.27. The van der Waals surface area contributed by atoms with Crippen molar-refractivity contribution in [2.45, 2.75) is 24.7 Å². The minimum Gasteiger partial charge on any atom is -0.354 e. The van der Waals surface area contributed by atoms with Crippen LogP contribution in [0.3, 0.4) is 0 Å². The zero-order valence-corrected chi connectivity index (χ0v) is 17.6. The monoisotopic (exact) mass is 415 g/mol. The summed E-state index contributed by atoms with van der Waals surface area (Å²) in [6.07, 6.45) is 3.60. The minimum absolute atomic E-state index is 0.290. The van der Waals surface area contributed by atoms with Crippen LogP contribution in [-0.2, 0) is 6.42 Å². The second-order valence-corrected chi connectivity index (χ2v) is 8.23. The second-order valence-electron chi connectivity index (χ2n) is 7.39. The van der Waals surface area contributed by atoms with Gasteiger partial charge in [-0.15, -0.1) is 11.8 Å². The largest absolute Gasteiger partial charge is 0.354 e. The number of thioether (sulfide) groups is 1. The van der Waals surface area contributed by atoms with Gasteiger partial charge >= 0.3 is 0 Å². The van der Waals surface area contributed by atoms with Crippen LogP contribution in [0.2, 0.25) is 0 Å². The van der Waals surface area contributed by atoms with Crippen molar-refractivity contribution in [2.75, 3.05) is 11.7 Å². The molecule has 1 aliphatic rings. The SMILES string of the molecule is CCCc1cc2[nH]c3ccccc3c2c2c1C(=O)N(Nc1ccccc1SC)C2=O. The Morgan fingerprint density at radius 3 is 2.50 bits per heavy atom. The molecule has 5 nitrogen and oxygen atoms in total. The molecule has 0 radical (unpaired) electrons. The number of hydrazine groups is 1. The Balaban J connectivity index is 1.72. The Bertz CT molecular complexity index is 1330. The zero-order valence-electron chi connectivity index (χ0n) is 16.8. The Morgan fingerprint density at radius 2 is 1.70 bits per heavy atom. The van der Waals surface area contributed by atoms with Crippen LogP contribution >= 0.6 is 11.8 Å². The van der Waals surface area contributed by atoms with Gasteiger partial charge in [-0.2, -0.15) is 5.01 Å². The molecule has 4 aromatic rings. The lowest BCUT2D eigenvalue weighted by Crippen LogP contribution is -2.35. The van der Waals surface area contributed by atoms with Crippen molar-refractivity contribution >= 4 is 51.1 Å². The number of carbonyl (C=O) groups excluding carboxylic acids is 2. The molecule has 2 amide bonds. The van der Waals surface area contributed by atoms with Gasteiger partial charge < -0.3 is 4.98 Å². The number of aryl methyl sites for hydroxylation is 1. The van der Waals surface area contributed by atoms with E-state index in [2.05, 4.69) is 17.3 Å². The third-order valence-electron chi connectivity index (χ3n) is 5.57. The molecule has 150 valence electrons. The maximum absolute atomic E-state index is 13.5. The maximum Gasteiger partial charge on any atom is 0.281 e. The van der Waals surface area contributed by atoms with Gasteiger partial charge in [0.05, 0.1) is 16.8 Å². The molecule has 1 aliphatic heterocycles. The summed E-state index contributed by atoms with van der Waals surface area (Å²) in [5, 5.41) is 2.95. The molecular formula is C24H21N3O2S. The number of hydrogen-bond donors (Lipinski definition) is 2. The molecule has 0 atom stereocenters. The molecule has 3 aromatic carbocycles. The highest BCUT2D eigenvalue weighted by molar-refractivity contribution is 7.98. The molecule has 2 heterocycles. The van der Waals surface area contributed by atoms with Crippen molar-refractivity contribution in [1.82, 2.24) is 9.99 Å². The van der Waals surface area contributed by atoms with Gasteiger partial charge in [-0.3, -0.25) is 15.0 Å². The lowest BCUT2D eigenvalue weighted by atomic mass is 9.95. The predicted molar refractivity (Wildman–Crippen MR) is 122 cm³/mol. The molecular weight excluding hydrogens is 394 g/mol. The Kier molecular flexibility index (Phi) is 4.51. The minimum atomic E-state index is -0.307. The van der Waals surface area contributed by atoms with Crippen molar-refractivity contribution in [2.24, 2.45) is 0 Å². The number of H-pyrrole nitrogens is 1. The number of aromatic amines is 1. The smallest absolute Gasteiger partial charge is 0.281 e. The number of amides is 2. The van der Waals surface area contributed by atoms with Gasteiger partial charge in [0.15, 0.2) is 0 Å². The summed E-state index contributed by atoms with van der Waals surface area (Å²) in [7, 11) is 0. The van der Waals surface area contributed by atoms with Gasteiger partial charge in [-0.05, 0) is 42.5 Å². The first-order valence-corrected chi connectivity index (χ1v) is 11.2. The van der Waals surface area contributed by atoms with E-state index in [1.807, 2.05) is 60.9 Å². The van der Waals surface area contributed by atoms with Gasteiger partial charge in [-0.1, -0.05) is 43.7 Å². The van der Waals surface area contributed by atoms with Crippen molar-refractivity contribution in [3.05, 3.63) is 71.3 Å². The maximum atomic E-state index is 13.5. The standard InChI is InChI=1S/C24H21N3O2S/c1-3-8-14-13-18-21(15-9-4-5-10-16(15)25-18)22-20(14)23(28)27(24(22)29)26-17-11-6-7-12-19(17)30-2/h4-7,9-13,25-26H,3,8H2,1-2H3. The number of nitrogens with zero attached hydrogens (tertiary/aromatic N) is 1. The van der Waals surface area contributed by atoms with Gasteiger partial charge in [0.25, 0.3) is 11.8 Å². The van der Waals surface area contributed by atoms with E-state index in [9.17, 15) is 9.59 Å². The van der Waals surface area contributed by atoms with Crippen LogP contribution in [0, 0.1) is 0 Å². The first-order valence-electron chi connectivity index (χ1n) is 9.98. The van der Waals surface area contributed by atoms with Crippen LogP contribution in [-0.4, -0.2) is 28.1 Å². The average Bonchev–Trinajstić information content (AvgIpc) is 3.24. The zero-order chi connectivity index (χ0) is 20.8. The number of nitrogens with one attached hydrogen (secondary N) is 2. The molecule has 2 N–H and O–H groups in total. The number of fused-ring (bicyclic) bond motifs is 5. The number of carbonyl (C=O) groups is 2. The van der Waals surface area contributed by atoms with E-state index in [-0.39, 0.29) is 11.8 Å². The van der Waals surface area contributed by atoms with Crippen LogP contribution < -0.4 is 5.43 Å². The number of aromatic nitrogens is 1. The Labute approximate surface area is 178 Å². The lowest BCUT2D eigenvalue weighted by Gasteiger charge is -2.18. The van der Waals surface area contributed by atoms with Crippen LogP contribution in [0.1, 0.15) is 39.6 Å². The van der Waals surface area contributed by atoms with E-state index in [4.69, 9.17) is 0 Å². The molecule has 30 heavy (non-hydrogen) atoms. The molecule has 0 fully saturated rings. The van der Waals surface area contributed by atoms with Crippen molar-refractivity contribution in [3.63, 3.8) is 0 Å². The third kappa shape index (κ3) is 2.71. The molecule has 1 aromatic heterocycles. The van der Waals surface area contributed by atoms with E-state index < -0.39 is 0 Å². The number of para-hydroxylation sites is 2. The van der Waals surface area contributed by atoms with Gasteiger partial charge in [0.2, 0.25) is 0 Å². The van der Waals surface area contributed by atoms with E-state index >= 15 is 0 Å². The molecule has 0 saturated carbocycles. The average molecular weight is 416 g/mol. The van der Waals surface area contributed by atoms with Crippen molar-refractivity contribution in [1.29, 1.82) is 0 Å². The Hall–Kier alpha value is -3.25. The number of imide groups is 1. The van der Waals surface area contributed by atoms with E-state index in [0.717, 1.165) is 50.8 Å². The molecule has 6 heteroatoms. The van der Waals surface area contributed by atoms with Crippen LogP contribution in [0.5, 0.6) is 0 Å². The summed E-state index contributed by atoms with van der Waals surface area (Å²) in [6, 6.07) is 17.6. The Morgan fingerprint density at radius 1 is 0.967 bits per heavy atom. The highest BCUT2D eigenvalue weighted by Crippen LogP contribution is 2.38. The van der Waals surface area contributed by atoms with E-state index in [1.165, 1.54) is 5.01 Å². The first kappa shape index (κ1) is 18.8. The third-order valence-corrected chi connectivity index (χ3v) is 6.36. The van der Waals surface area contributed by atoms with E-state index in [0.29, 0.717) is 11.1 Å². The summed E-state index contributed by atoms with van der Waals surface area (Å²) >= 11 is 1.57. The predicted octanol–water partition coefficient (Wildman–Crippen LogP) is 5.62. The topological polar surface area (TPSA) is 65.2 Å². The highest BCUT2D eigenvalue weighted by atomic mass is 32.2. The van der Waals surface area contributed by atoms with Gasteiger partial charge in [0.1, 0.15) is 0 Å². The number of benzene rings is 3.